The number of hydrogen-bond donors (Lipinski definition) is 3. The van der Waals surface area contributed by atoms with Crippen molar-refractivity contribution < 1.29 is 5.11 Å². The zero-order valence-corrected chi connectivity index (χ0v) is 16.1. The van der Waals surface area contributed by atoms with Crippen LogP contribution in [0.2, 0.25) is 0 Å². The van der Waals surface area contributed by atoms with Gasteiger partial charge >= 0.3 is 0 Å². The van der Waals surface area contributed by atoms with Gasteiger partial charge in [-0.05, 0) is 54.3 Å². The molecule has 1 aromatic carbocycles. The molecule has 0 saturated heterocycles. The number of aromatic nitrogens is 4. The molecule has 7 heteroatoms. The topological polar surface area (TPSA) is 86.7 Å². The predicted molar refractivity (Wildman–Crippen MR) is 107 cm³/mol. The van der Waals surface area contributed by atoms with Crippen LogP contribution in [0.3, 0.4) is 0 Å². The molecule has 0 spiro atoms. The van der Waals surface area contributed by atoms with E-state index in [2.05, 4.69) is 15.3 Å². The summed E-state index contributed by atoms with van der Waals surface area (Å²) in [6.07, 6.45) is 0. The van der Waals surface area contributed by atoms with Gasteiger partial charge in [0.25, 0.3) is 5.56 Å². The molecule has 1 atom stereocenters. The number of hydrogen-bond acceptors (Lipinski definition) is 4. The maximum atomic E-state index is 12.0. The molecule has 0 amide bonds. The molecule has 27 heavy (non-hydrogen) atoms. The van der Waals surface area contributed by atoms with E-state index in [0.29, 0.717) is 5.56 Å². The Labute approximate surface area is 160 Å². The zero-order chi connectivity index (χ0) is 19.1. The highest BCUT2D eigenvalue weighted by Crippen LogP contribution is 2.33. The summed E-state index contributed by atoms with van der Waals surface area (Å²) in [6.45, 7) is 5.60. The molecule has 4 aromatic rings. The number of aromatic amines is 2. The largest absolute Gasteiger partial charge is 0.493 e. The van der Waals surface area contributed by atoms with E-state index in [1.807, 2.05) is 54.9 Å². The predicted octanol–water partition coefficient (Wildman–Crippen LogP) is 3.90. The van der Waals surface area contributed by atoms with Gasteiger partial charge < -0.3 is 5.11 Å². The Bertz CT molecular complexity index is 1110. The van der Waals surface area contributed by atoms with Gasteiger partial charge in [0.2, 0.25) is 5.88 Å². The van der Waals surface area contributed by atoms with Crippen LogP contribution in [0, 0.1) is 20.8 Å². The summed E-state index contributed by atoms with van der Waals surface area (Å²) in [4.78, 5) is 12.0. The van der Waals surface area contributed by atoms with Crippen molar-refractivity contribution >= 4 is 11.3 Å². The van der Waals surface area contributed by atoms with Crippen LogP contribution in [0.15, 0.2) is 45.9 Å². The number of benzene rings is 1. The zero-order valence-electron chi connectivity index (χ0n) is 15.3. The fraction of sp³-hybridized carbons (Fsp3) is 0.200. The maximum Gasteiger partial charge on any atom is 0.270 e. The lowest BCUT2D eigenvalue weighted by molar-refractivity contribution is 0.391. The van der Waals surface area contributed by atoms with Crippen LogP contribution in [0.5, 0.6) is 5.88 Å². The minimum Gasteiger partial charge on any atom is -0.493 e. The van der Waals surface area contributed by atoms with E-state index >= 15 is 0 Å². The number of aryl methyl sites for hydroxylation is 2. The Morgan fingerprint density at radius 2 is 1.85 bits per heavy atom. The molecule has 3 heterocycles. The average molecular weight is 380 g/mol. The lowest BCUT2D eigenvalue weighted by Crippen LogP contribution is -2.15. The third-order valence-electron chi connectivity index (χ3n) is 4.89. The summed E-state index contributed by atoms with van der Waals surface area (Å²) in [5.74, 6) is -0.0400. The minimum absolute atomic E-state index is 0.0400. The molecule has 0 aliphatic rings. The molecule has 0 aliphatic carbocycles. The van der Waals surface area contributed by atoms with E-state index in [1.165, 1.54) is 4.68 Å². The number of thiophene rings is 1. The van der Waals surface area contributed by atoms with Crippen LogP contribution in [-0.2, 0) is 0 Å². The number of nitrogens with zero attached hydrogens (tertiary/aromatic N) is 2. The smallest absolute Gasteiger partial charge is 0.270 e. The molecule has 0 bridgehead atoms. The van der Waals surface area contributed by atoms with Gasteiger partial charge in [0.1, 0.15) is 6.04 Å². The molecule has 0 radical (unpaired) electrons. The first-order valence-corrected chi connectivity index (χ1v) is 9.55. The summed E-state index contributed by atoms with van der Waals surface area (Å²) in [7, 11) is 0. The van der Waals surface area contributed by atoms with Gasteiger partial charge in [0.05, 0.1) is 11.3 Å². The van der Waals surface area contributed by atoms with Crippen molar-refractivity contribution in [1.29, 1.82) is 0 Å². The Morgan fingerprint density at radius 3 is 2.37 bits per heavy atom. The minimum atomic E-state index is -0.307. The summed E-state index contributed by atoms with van der Waals surface area (Å²) < 4.78 is 1.53. The number of nitrogens with one attached hydrogen (secondary N) is 2. The van der Waals surface area contributed by atoms with Gasteiger partial charge in [0.15, 0.2) is 0 Å². The first kappa shape index (κ1) is 17.4. The highest BCUT2D eigenvalue weighted by atomic mass is 32.1. The summed E-state index contributed by atoms with van der Waals surface area (Å²) in [5, 5.41) is 24.5. The van der Waals surface area contributed by atoms with E-state index in [-0.39, 0.29) is 17.5 Å². The second-order valence-corrected chi connectivity index (χ2v) is 7.43. The van der Waals surface area contributed by atoms with Crippen molar-refractivity contribution in [3.8, 4) is 17.0 Å². The van der Waals surface area contributed by atoms with E-state index in [1.54, 1.807) is 18.3 Å². The molecular formula is C20H20N4O2S. The van der Waals surface area contributed by atoms with Gasteiger partial charge in [-0.25, -0.2) is 4.68 Å². The van der Waals surface area contributed by atoms with E-state index in [9.17, 15) is 9.90 Å². The first-order valence-electron chi connectivity index (χ1n) is 8.61. The molecule has 6 nitrogen and oxygen atoms in total. The van der Waals surface area contributed by atoms with Crippen LogP contribution in [0.1, 0.15) is 34.1 Å². The Hall–Kier alpha value is -3.06. The molecule has 0 aliphatic heterocycles. The van der Waals surface area contributed by atoms with Crippen LogP contribution in [0.25, 0.3) is 11.1 Å². The van der Waals surface area contributed by atoms with Crippen molar-refractivity contribution in [2.45, 2.75) is 26.8 Å². The molecule has 1 unspecified atom stereocenters. The average Bonchev–Trinajstić information content (AvgIpc) is 3.36. The van der Waals surface area contributed by atoms with Crippen LogP contribution >= 0.6 is 11.3 Å². The maximum absolute atomic E-state index is 12.0. The van der Waals surface area contributed by atoms with Crippen molar-refractivity contribution in [2.24, 2.45) is 0 Å². The number of H-pyrrole nitrogens is 2. The Morgan fingerprint density at radius 1 is 1.11 bits per heavy atom. The summed E-state index contributed by atoms with van der Waals surface area (Å²) in [6, 6.07) is 9.84. The third kappa shape index (κ3) is 2.90. The van der Waals surface area contributed by atoms with E-state index in [0.717, 1.165) is 33.6 Å². The molecule has 138 valence electrons. The Kier molecular flexibility index (Phi) is 4.24. The standard InChI is InChI=1S/C20H20N4O2S/c1-11-19(25)23-24(20(11)26)18(16-8-9-27-10-16)15-6-4-14(5-7-15)17-12(2)21-22-13(17)3/h4-10,18,26H,1-3H3,(H,21,22)(H,23,25). The molecule has 0 fully saturated rings. The van der Waals surface area contributed by atoms with Crippen molar-refractivity contribution in [1.82, 2.24) is 20.0 Å². The third-order valence-corrected chi connectivity index (χ3v) is 5.59. The van der Waals surface area contributed by atoms with Crippen molar-refractivity contribution in [3.63, 3.8) is 0 Å². The van der Waals surface area contributed by atoms with Crippen LogP contribution in [0.4, 0.5) is 0 Å². The quantitative estimate of drug-likeness (QED) is 0.502. The lowest BCUT2D eigenvalue weighted by Gasteiger charge is -2.19. The fourth-order valence-electron chi connectivity index (χ4n) is 3.44. The highest BCUT2D eigenvalue weighted by Gasteiger charge is 2.23. The highest BCUT2D eigenvalue weighted by molar-refractivity contribution is 7.08. The fourth-order valence-corrected chi connectivity index (χ4v) is 4.12. The lowest BCUT2D eigenvalue weighted by atomic mass is 9.97. The SMILES string of the molecule is Cc1n[nH]c(C)c1-c1ccc(C(c2ccsc2)n2[nH]c(=O)c(C)c2O)cc1. The number of aromatic hydroxyl groups is 1. The molecule has 0 saturated carbocycles. The number of rotatable bonds is 4. The van der Waals surface area contributed by atoms with Crippen LogP contribution < -0.4 is 5.56 Å². The van der Waals surface area contributed by atoms with Gasteiger partial charge in [-0.2, -0.15) is 16.4 Å². The van der Waals surface area contributed by atoms with Gasteiger partial charge in [-0.1, -0.05) is 24.3 Å². The van der Waals surface area contributed by atoms with E-state index < -0.39 is 0 Å². The molecular weight excluding hydrogens is 360 g/mol. The summed E-state index contributed by atoms with van der Waals surface area (Å²) in [5.41, 5.74) is 6.16. The van der Waals surface area contributed by atoms with Crippen molar-refractivity contribution in [2.75, 3.05) is 0 Å². The Balaban J connectivity index is 1.82. The van der Waals surface area contributed by atoms with Gasteiger partial charge in [-0.15, -0.1) is 0 Å². The first-order chi connectivity index (χ1) is 13.0. The van der Waals surface area contributed by atoms with Gasteiger partial charge in [-0.3, -0.25) is 15.0 Å². The van der Waals surface area contributed by atoms with Gasteiger partial charge in [0, 0.05) is 11.3 Å². The second kappa shape index (κ2) is 6.59. The summed E-state index contributed by atoms with van der Waals surface area (Å²) >= 11 is 1.58. The monoisotopic (exact) mass is 380 g/mol. The van der Waals surface area contributed by atoms with Crippen molar-refractivity contribution in [3.05, 3.63) is 79.5 Å². The van der Waals surface area contributed by atoms with Crippen LogP contribution in [-0.4, -0.2) is 25.1 Å². The van der Waals surface area contributed by atoms with E-state index in [4.69, 9.17) is 0 Å². The molecule has 3 aromatic heterocycles. The second-order valence-electron chi connectivity index (χ2n) is 6.65. The normalized spacial score (nSPS) is 12.4. The molecule has 4 rings (SSSR count). The molecule has 3 N–H and O–H groups in total.